The van der Waals surface area contributed by atoms with E-state index in [0.717, 1.165) is 34.4 Å². The molecule has 0 aliphatic carbocycles. The molecule has 0 radical (unpaired) electrons. The van der Waals surface area contributed by atoms with Crippen molar-refractivity contribution in [3.63, 3.8) is 0 Å². The van der Waals surface area contributed by atoms with Gasteiger partial charge in [-0.25, -0.2) is 4.68 Å². The molecule has 1 aromatic heterocycles. The number of benzene rings is 1. The van der Waals surface area contributed by atoms with Crippen molar-refractivity contribution in [3.8, 4) is 11.4 Å². The van der Waals surface area contributed by atoms with Gasteiger partial charge < -0.3 is 4.57 Å². The van der Waals surface area contributed by atoms with E-state index in [2.05, 4.69) is 11.8 Å². The third-order valence-electron chi connectivity index (χ3n) is 4.68. The smallest absolute Gasteiger partial charge is 0.199 e. The number of aromatic nitrogens is 3. The summed E-state index contributed by atoms with van der Waals surface area (Å²) in [6.07, 6.45) is 5.06. The maximum atomic E-state index is 5.98. The van der Waals surface area contributed by atoms with E-state index in [1.165, 1.54) is 25.7 Å². The summed E-state index contributed by atoms with van der Waals surface area (Å²) in [5.41, 5.74) is 1.03. The summed E-state index contributed by atoms with van der Waals surface area (Å²) in [6, 6.07) is 8.39. The second-order valence-corrected chi connectivity index (χ2v) is 6.98. The number of rotatable bonds is 4. The maximum Gasteiger partial charge on any atom is 0.199 e. The van der Waals surface area contributed by atoms with Crippen LogP contribution in [0, 0.1) is 4.77 Å². The summed E-state index contributed by atoms with van der Waals surface area (Å²) in [6.45, 7) is 4.17. The number of nitrogens with zero attached hydrogens (tertiary/aromatic N) is 4. The van der Waals surface area contributed by atoms with Crippen molar-refractivity contribution in [2.45, 2.75) is 45.3 Å². The van der Waals surface area contributed by atoms with Crippen LogP contribution in [0.3, 0.4) is 0 Å². The predicted molar refractivity (Wildman–Crippen MR) is 97.1 cm³/mol. The molecule has 2 aromatic rings. The minimum atomic E-state index is 0.645. The highest BCUT2D eigenvalue weighted by molar-refractivity contribution is 7.71. The van der Waals surface area contributed by atoms with Crippen molar-refractivity contribution < 1.29 is 0 Å². The molecule has 4 nitrogen and oxygen atoms in total. The Balaban J connectivity index is 1.87. The van der Waals surface area contributed by atoms with E-state index >= 15 is 0 Å². The molecular formula is C17H23ClN4S. The largest absolute Gasteiger partial charge is 0.303 e. The summed E-state index contributed by atoms with van der Waals surface area (Å²) < 4.78 is 4.69. The van der Waals surface area contributed by atoms with Crippen LogP contribution in [-0.4, -0.2) is 31.8 Å². The normalized spacial score (nSPS) is 19.2. The van der Waals surface area contributed by atoms with E-state index < -0.39 is 0 Å². The van der Waals surface area contributed by atoms with Crippen LogP contribution in [0.4, 0.5) is 0 Å². The van der Waals surface area contributed by atoms with Gasteiger partial charge in [-0.1, -0.05) is 24.9 Å². The molecule has 1 aliphatic rings. The average molecular weight is 351 g/mol. The number of hydrogen-bond donors (Lipinski definition) is 0. The Kier molecular flexibility index (Phi) is 5.19. The highest BCUT2D eigenvalue weighted by Gasteiger charge is 2.22. The minimum absolute atomic E-state index is 0.645. The Morgan fingerprint density at radius 2 is 2.00 bits per heavy atom. The summed E-state index contributed by atoms with van der Waals surface area (Å²) in [4.78, 5) is 2.51. The van der Waals surface area contributed by atoms with Crippen molar-refractivity contribution in [1.82, 2.24) is 19.2 Å². The molecule has 0 bridgehead atoms. The zero-order valence-electron chi connectivity index (χ0n) is 13.7. The van der Waals surface area contributed by atoms with Gasteiger partial charge in [0.2, 0.25) is 0 Å². The highest BCUT2D eigenvalue weighted by Crippen LogP contribution is 2.22. The van der Waals surface area contributed by atoms with Gasteiger partial charge in [-0.05, 0) is 55.7 Å². The topological polar surface area (TPSA) is 26.0 Å². The Labute approximate surface area is 147 Å². The minimum Gasteiger partial charge on any atom is -0.303 e. The molecule has 6 heteroatoms. The van der Waals surface area contributed by atoms with E-state index in [1.54, 1.807) is 0 Å². The first-order valence-corrected chi connectivity index (χ1v) is 9.02. The summed E-state index contributed by atoms with van der Waals surface area (Å²) in [7, 11) is 1.98. The second kappa shape index (κ2) is 7.16. The van der Waals surface area contributed by atoms with Gasteiger partial charge in [0.25, 0.3) is 0 Å². The molecule has 0 spiro atoms. The molecule has 0 saturated carbocycles. The Hall–Kier alpha value is -1.17. The van der Waals surface area contributed by atoms with Crippen LogP contribution in [0.15, 0.2) is 24.3 Å². The second-order valence-electron chi connectivity index (χ2n) is 6.18. The van der Waals surface area contributed by atoms with Gasteiger partial charge in [0.05, 0.1) is 6.67 Å². The molecule has 2 heterocycles. The summed E-state index contributed by atoms with van der Waals surface area (Å²) in [5, 5.41) is 5.49. The molecule has 1 saturated heterocycles. The van der Waals surface area contributed by atoms with Gasteiger partial charge in [-0.15, -0.1) is 0 Å². The quantitative estimate of drug-likeness (QED) is 0.760. The molecule has 23 heavy (non-hydrogen) atoms. The number of hydrogen-bond acceptors (Lipinski definition) is 3. The molecule has 0 unspecified atom stereocenters. The lowest BCUT2D eigenvalue weighted by Crippen LogP contribution is -2.40. The van der Waals surface area contributed by atoms with Crippen LogP contribution in [0.2, 0.25) is 5.02 Å². The fourth-order valence-electron chi connectivity index (χ4n) is 3.31. The van der Waals surface area contributed by atoms with Gasteiger partial charge in [0.1, 0.15) is 0 Å². The molecule has 124 valence electrons. The molecule has 1 aromatic carbocycles. The molecular weight excluding hydrogens is 328 g/mol. The first-order chi connectivity index (χ1) is 11.1. The van der Waals surface area contributed by atoms with E-state index in [0.29, 0.717) is 6.04 Å². The molecule has 1 aliphatic heterocycles. The number of piperidine rings is 1. The lowest BCUT2D eigenvalue weighted by molar-refractivity contribution is 0.100. The van der Waals surface area contributed by atoms with Crippen molar-refractivity contribution in [2.75, 3.05) is 6.54 Å². The Bertz CT molecular complexity index is 719. The fraction of sp³-hybridized carbons (Fsp3) is 0.529. The molecule has 1 atom stereocenters. The van der Waals surface area contributed by atoms with Gasteiger partial charge in [0, 0.05) is 30.2 Å². The lowest BCUT2D eigenvalue weighted by Gasteiger charge is -2.34. The first kappa shape index (κ1) is 16.7. The van der Waals surface area contributed by atoms with Crippen molar-refractivity contribution in [2.24, 2.45) is 7.05 Å². The van der Waals surface area contributed by atoms with Gasteiger partial charge >= 0.3 is 0 Å². The molecule has 0 N–H and O–H groups in total. The maximum absolute atomic E-state index is 5.98. The van der Waals surface area contributed by atoms with Crippen molar-refractivity contribution in [3.05, 3.63) is 34.1 Å². The van der Waals surface area contributed by atoms with Crippen LogP contribution in [-0.2, 0) is 13.7 Å². The van der Waals surface area contributed by atoms with Crippen molar-refractivity contribution in [1.29, 1.82) is 0 Å². The lowest BCUT2D eigenvalue weighted by atomic mass is 10.0. The third-order valence-corrected chi connectivity index (χ3v) is 5.42. The summed E-state index contributed by atoms with van der Waals surface area (Å²) in [5.74, 6) is 0.886. The zero-order chi connectivity index (χ0) is 16.4. The highest BCUT2D eigenvalue weighted by atomic mass is 35.5. The monoisotopic (exact) mass is 350 g/mol. The van der Waals surface area contributed by atoms with Gasteiger partial charge in [-0.3, -0.25) is 4.90 Å². The SMILES string of the molecule is CC[C@H]1CCCCN1Cn1nc(-c2ccc(Cl)cc2)n(C)c1=S. The molecule has 1 fully saturated rings. The Morgan fingerprint density at radius 3 is 2.70 bits per heavy atom. The Morgan fingerprint density at radius 1 is 1.26 bits per heavy atom. The molecule has 0 amide bonds. The van der Waals surface area contributed by atoms with Crippen LogP contribution >= 0.6 is 23.8 Å². The number of likely N-dealkylation sites (tertiary alicyclic amines) is 1. The molecule has 3 rings (SSSR count). The van der Waals surface area contributed by atoms with Crippen LogP contribution in [0.1, 0.15) is 32.6 Å². The van der Waals surface area contributed by atoms with Crippen LogP contribution in [0.25, 0.3) is 11.4 Å². The van der Waals surface area contributed by atoms with Gasteiger partial charge in [-0.2, -0.15) is 5.10 Å². The van der Waals surface area contributed by atoms with E-state index in [1.807, 2.05) is 40.6 Å². The van der Waals surface area contributed by atoms with E-state index in [4.69, 9.17) is 28.9 Å². The fourth-order valence-corrected chi connectivity index (χ4v) is 3.62. The summed E-state index contributed by atoms with van der Waals surface area (Å²) >= 11 is 11.6. The van der Waals surface area contributed by atoms with E-state index in [-0.39, 0.29) is 0 Å². The van der Waals surface area contributed by atoms with E-state index in [9.17, 15) is 0 Å². The van der Waals surface area contributed by atoms with Gasteiger partial charge in [0.15, 0.2) is 10.6 Å². The standard InChI is InChI=1S/C17H23ClN4S/c1-3-15-6-4-5-11-21(15)12-22-17(23)20(2)16(19-22)13-7-9-14(18)10-8-13/h7-10,15H,3-6,11-12H2,1-2H3/t15-/m0/s1. The average Bonchev–Trinajstić information content (AvgIpc) is 2.85. The van der Waals surface area contributed by atoms with Crippen molar-refractivity contribution >= 4 is 23.8 Å². The third kappa shape index (κ3) is 3.52. The predicted octanol–water partition coefficient (Wildman–Crippen LogP) is 4.49. The first-order valence-electron chi connectivity index (χ1n) is 8.24. The number of halogens is 1. The zero-order valence-corrected chi connectivity index (χ0v) is 15.3. The van der Waals surface area contributed by atoms with Crippen LogP contribution in [0.5, 0.6) is 0 Å². The van der Waals surface area contributed by atoms with Crippen LogP contribution < -0.4 is 0 Å².